The first kappa shape index (κ1) is 18.0. The fraction of sp³-hybridized carbons (Fsp3) is 0.409. The summed E-state index contributed by atoms with van der Waals surface area (Å²) in [6.45, 7) is 7.05. The smallest absolute Gasteiger partial charge is 0.242 e. The Balaban J connectivity index is 1.75. The topological polar surface area (TPSA) is 64.6 Å². The van der Waals surface area contributed by atoms with Crippen molar-refractivity contribution in [1.82, 2.24) is 15.8 Å². The molecular formula is C22H27N3O2. The number of carbonyl (C=O) groups excluding carboxylic acids is 1. The summed E-state index contributed by atoms with van der Waals surface area (Å²) >= 11 is 0. The number of hydrogen-bond acceptors (Lipinski definition) is 4. The van der Waals surface area contributed by atoms with E-state index >= 15 is 0 Å². The van der Waals surface area contributed by atoms with Gasteiger partial charge in [0.1, 0.15) is 11.8 Å². The van der Waals surface area contributed by atoms with Crippen LogP contribution in [0.5, 0.6) is 5.75 Å². The number of para-hydroxylation sites is 1. The SMILES string of the molecule is CCN1C(=O)C2NNC(c3ccccc3O)C2C1c1ccc(C(C)C)cc1. The summed E-state index contributed by atoms with van der Waals surface area (Å²) in [6.07, 6.45) is 0. The normalized spacial score (nSPS) is 27.4. The number of nitrogens with one attached hydrogen (secondary N) is 2. The highest BCUT2D eigenvalue weighted by Crippen LogP contribution is 2.48. The summed E-state index contributed by atoms with van der Waals surface area (Å²) in [6, 6.07) is 15.5. The molecule has 0 aliphatic carbocycles. The van der Waals surface area contributed by atoms with E-state index in [0.717, 1.165) is 11.1 Å². The third-order valence-corrected chi connectivity index (χ3v) is 5.97. The third-order valence-electron chi connectivity index (χ3n) is 5.97. The van der Waals surface area contributed by atoms with Crippen molar-refractivity contribution in [1.29, 1.82) is 0 Å². The van der Waals surface area contributed by atoms with Crippen LogP contribution >= 0.6 is 0 Å². The van der Waals surface area contributed by atoms with E-state index in [-0.39, 0.29) is 35.7 Å². The lowest BCUT2D eigenvalue weighted by Crippen LogP contribution is -2.41. The summed E-state index contributed by atoms with van der Waals surface area (Å²) in [5.74, 6) is 0.860. The van der Waals surface area contributed by atoms with Crippen molar-refractivity contribution in [3.05, 3.63) is 65.2 Å². The Morgan fingerprint density at radius 1 is 1.04 bits per heavy atom. The van der Waals surface area contributed by atoms with Gasteiger partial charge in [-0.25, -0.2) is 10.9 Å². The van der Waals surface area contributed by atoms with Crippen LogP contribution in [0, 0.1) is 5.92 Å². The molecule has 1 amide bonds. The predicted octanol–water partition coefficient (Wildman–Crippen LogP) is 3.25. The largest absolute Gasteiger partial charge is 0.508 e. The van der Waals surface area contributed by atoms with Crippen molar-refractivity contribution in [2.24, 2.45) is 5.92 Å². The fourth-order valence-corrected chi connectivity index (χ4v) is 4.55. The maximum atomic E-state index is 13.0. The lowest BCUT2D eigenvalue weighted by atomic mass is 9.82. The molecule has 3 N–H and O–H groups in total. The second-order valence-electron chi connectivity index (χ2n) is 7.77. The van der Waals surface area contributed by atoms with E-state index in [4.69, 9.17) is 0 Å². The van der Waals surface area contributed by atoms with E-state index in [1.54, 1.807) is 6.07 Å². The van der Waals surface area contributed by atoms with Crippen LogP contribution in [0.3, 0.4) is 0 Å². The molecule has 2 aliphatic rings. The molecule has 2 heterocycles. The van der Waals surface area contributed by atoms with Gasteiger partial charge >= 0.3 is 0 Å². The molecule has 0 radical (unpaired) electrons. The first-order chi connectivity index (χ1) is 13.0. The van der Waals surface area contributed by atoms with Crippen molar-refractivity contribution in [3.63, 3.8) is 0 Å². The number of amides is 1. The number of rotatable bonds is 4. The van der Waals surface area contributed by atoms with E-state index < -0.39 is 0 Å². The first-order valence-corrected chi connectivity index (χ1v) is 9.72. The molecule has 0 bridgehead atoms. The predicted molar refractivity (Wildman–Crippen MR) is 105 cm³/mol. The van der Waals surface area contributed by atoms with E-state index in [0.29, 0.717) is 12.5 Å². The number of hydrazine groups is 1. The molecule has 142 valence electrons. The molecule has 5 nitrogen and oxygen atoms in total. The molecule has 2 fully saturated rings. The van der Waals surface area contributed by atoms with Crippen LogP contribution in [0.4, 0.5) is 0 Å². The van der Waals surface area contributed by atoms with E-state index in [1.807, 2.05) is 30.0 Å². The third kappa shape index (κ3) is 2.91. The molecule has 5 heteroatoms. The Morgan fingerprint density at radius 3 is 2.33 bits per heavy atom. The van der Waals surface area contributed by atoms with E-state index in [1.165, 1.54) is 5.56 Å². The van der Waals surface area contributed by atoms with Crippen molar-refractivity contribution < 1.29 is 9.90 Å². The fourth-order valence-electron chi connectivity index (χ4n) is 4.55. The zero-order valence-corrected chi connectivity index (χ0v) is 16.0. The van der Waals surface area contributed by atoms with Crippen molar-refractivity contribution in [2.45, 2.75) is 44.8 Å². The molecular weight excluding hydrogens is 338 g/mol. The van der Waals surface area contributed by atoms with Gasteiger partial charge in [0.25, 0.3) is 0 Å². The summed E-state index contributed by atoms with van der Waals surface area (Å²) < 4.78 is 0. The number of carbonyl (C=O) groups is 1. The van der Waals surface area contributed by atoms with Gasteiger partial charge in [0.2, 0.25) is 5.91 Å². The van der Waals surface area contributed by atoms with Crippen LogP contribution in [0.25, 0.3) is 0 Å². The van der Waals surface area contributed by atoms with Crippen molar-refractivity contribution in [2.75, 3.05) is 6.54 Å². The Bertz CT molecular complexity index is 834. The molecule has 2 aromatic rings. The van der Waals surface area contributed by atoms with Crippen molar-refractivity contribution in [3.8, 4) is 5.75 Å². The Hall–Kier alpha value is -2.37. The van der Waals surface area contributed by atoms with Crippen LogP contribution in [0.1, 0.15) is 55.5 Å². The molecule has 0 saturated carbocycles. The van der Waals surface area contributed by atoms with Gasteiger partial charge in [0.05, 0.1) is 12.1 Å². The van der Waals surface area contributed by atoms with Crippen LogP contribution in [0.2, 0.25) is 0 Å². The average molecular weight is 365 g/mol. The molecule has 0 aromatic heterocycles. The van der Waals surface area contributed by atoms with Gasteiger partial charge in [-0.1, -0.05) is 56.3 Å². The van der Waals surface area contributed by atoms with E-state index in [9.17, 15) is 9.90 Å². The van der Waals surface area contributed by atoms with E-state index in [2.05, 4.69) is 49.0 Å². The zero-order chi connectivity index (χ0) is 19.1. The number of phenolic OH excluding ortho intramolecular Hbond substituents is 1. The van der Waals surface area contributed by atoms with Gasteiger partial charge in [0, 0.05) is 18.0 Å². The monoisotopic (exact) mass is 365 g/mol. The maximum Gasteiger partial charge on any atom is 0.242 e. The summed E-state index contributed by atoms with van der Waals surface area (Å²) in [5, 5.41) is 10.4. The lowest BCUT2D eigenvalue weighted by Gasteiger charge is -2.31. The number of likely N-dealkylation sites (N-methyl/N-ethyl adjacent to an activating group) is 1. The molecule has 4 atom stereocenters. The summed E-state index contributed by atoms with van der Waals surface area (Å²) in [7, 11) is 0. The number of aromatic hydroxyl groups is 1. The molecule has 27 heavy (non-hydrogen) atoms. The first-order valence-electron chi connectivity index (χ1n) is 9.72. The molecule has 4 rings (SSSR count). The Morgan fingerprint density at radius 2 is 1.70 bits per heavy atom. The number of hydrogen-bond donors (Lipinski definition) is 3. The van der Waals surface area contributed by atoms with Crippen LogP contribution in [0.15, 0.2) is 48.5 Å². The average Bonchev–Trinajstić information content (AvgIpc) is 3.21. The molecule has 0 spiro atoms. The second-order valence-corrected chi connectivity index (χ2v) is 7.77. The number of likely N-dealkylation sites (tertiary alicyclic amines) is 1. The van der Waals surface area contributed by atoms with Gasteiger partial charge in [-0.2, -0.15) is 0 Å². The highest BCUT2D eigenvalue weighted by molar-refractivity contribution is 5.86. The summed E-state index contributed by atoms with van der Waals surface area (Å²) in [4.78, 5) is 15.0. The Labute approximate surface area is 160 Å². The van der Waals surface area contributed by atoms with Gasteiger partial charge < -0.3 is 10.0 Å². The molecule has 2 aliphatic heterocycles. The minimum absolute atomic E-state index is 0.00986. The highest BCUT2D eigenvalue weighted by Gasteiger charge is 2.55. The van der Waals surface area contributed by atoms with Gasteiger partial charge in [-0.15, -0.1) is 0 Å². The Kier molecular flexibility index (Phi) is 4.66. The number of benzene rings is 2. The van der Waals surface area contributed by atoms with Gasteiger partial charge in [0.15, 0.2) is 0 Å². The number of phenols is 1. The standard InChI is InChI=1S/C22H27N3O2/c1-4-25-21(15-11-9-14(10-12-15)13(2)3)18-19(23-24-20(18)22(25)27)16-7-5-6-8-17(16)26/h5-13,18-21,23-24,26H,4H2,1-3H3. The molecule has 2 saturated heterocycles. The minimum atomic E-state index is -0.288. The molecule has 4 unspecified atom stereocenters. The maximum absolute atomic E-state index is 13.0. The molecule has 2 aromatic carbocycles. The second kappa shape index (κ2) is 6.98. The number of nitrogens with zero attached hydrogens (tertiary/aromatic N) is 1. The highest BCUT2D eigenvalue weighted by atomic mass is 16.3. The summed E-state index contributed by atoms with van der Waals surface area (Å²) in [5.41, 5.74) is 9.71. The van der Waals surface area contributed by atoms with Gasteiger partial charge in [-0.05, 0) is 30.0 Å². The number of fused-ring (bicyclic) bond motifs is 1. The van der Waals surface area contributed by atoms with Crippen LogP contribution in [-0.4, -0.2) is 28.5 Å². The van der Waals surface area contributed by atoms with Crippen LogP contribution < -0.4 is 10.9 Å². The van der Waals surface area contributed by atoms with Gasteiger partial charge in [-0.3, -0.25) is 4.79 Å². The zero-order valence-electron chi connectivity index (χ0n) is 16.0. The van der Waals surface area contributed by atoms with Crippen molar-refractivity contribution >= 4 is 5.91 Å². The minimum Gasteiger partial charge on any atom is -0.508 e. The van der Waals surface area contributed by atoms with Crippen LogP contribution in [-0.2, 0) is 4.79 Å². The quantitative estimate of drug-likeness (QED) is 0.778. The lowest BCUT2D eigenvalue weighted by molar-refractivity contribution is -0.130.